The Balaban J connectivity index is 2.46. The summed E-state index contributed by atoms with van der Waals surface area (Å²) >= 11 is 11.7. The van der Waals surface area contributed by atoms with Gasteiger partial charge in [-0.2, -0.15) is 18.3 Å². The van der Waals surface area contributed by atoms with E-state index in [0.717, 1.165) is 4.68 Å². The van der Waals surface area contributed by atoms with Crippen molar-refractivity contribution >= 4 is 29.2 Å². The van der Waals surface area contributed by atoms with Crippen LogP contribution in [0.3, 0.4) is 0 Å². The Morgan fingerprint density at radius 1 is 1.33 bits per heavy atom. The summed E-state index contributed by atoms with van der Waals surface area (Å²) in [5, 5.41) is 12.6. The molecule has 0 saturated heterocycles. The van der Waals surface area contributed by atoms with Crippen LogP contribution >= 0.6 is 23.2 Å². The molecule has 112 valence electrons. The summed E-state index contributed by atoms with van der Waals surface area (Å²) in [6.45, 7) is -0.239. The molecule has 0 bridgehead atoms. The number of rotatable bonds is 3. The zero-order valence-corrected chi connectivity index (χ0v) is 11.7. The summed E-state index contributed by atoms with van der Waals surface area (Å²) in [5.41, 5.74) is -1.50. The number of aromatic carboxylic acids is 1. The summed E-state index contributed by atoms with van der Waals surface area (Å²) in [7, 11) is 0. The third-order valence-corrected chi connectivity index (χ3v) is 3.50. The van der Waals surface area contributed by atoms with Gasteiger partial charge in [0.25, 0.3) is 0 Å². The summed E-state index contributed by atoms with van der Waals surface area (Å²) in [5.74, 6) is -1.52. The van der Waals surface area contributed by atoms with E-state index in [-0.39, 0.29) is 16.6 Å². The molecule has 4 nitrogen and oxygen atoms in total. The van der Waals surface area contributed by atoms with E-state index in [0.29, 0.717) is 11.6 Å². The molecule has 0 radical (unpaired) electrons. The maximum Gasteiger partial charge on any atom is 0.435 e. The monoisotopic (exact) mass is 338 g/mol. The highest BCUT2D eigenvalue weighted by atomic mass is 35.5. The SMILES string of the molecule is O=C(O)c1cc(C(F)(F)F)nn1Cc1cccc(Cl)c1Cl. The minimum atomic E-state index is -4.73. The van der Waals surface area contributed by atoms with E-state index in [2.05, 4.69) is 5.10 Å². The van der Waals surface area contributed by atoms with Crippen molar-refractivity contribution < 1.29 is 23.1 Å². The fraction of sp³-hybridized carbons (Fsp3) is 0.167. The quantitative estimate of drug-likeness (QED) is 0.921. The fourth-order valence-corrected chi connectivity index (χ4v) is 2.06. The average molecular weight is 339 g/mol. The van der Waals surface area contributed by atoms with Crippen molar-refractivity contribution in [2.45, 2.75) is 12.7 Å². The molecule has 0 aliphatic rings. The van der Waals surface area contributed by atoms with Crippen LogP contribution in [-0.4, -0.2) is 20.9 Å². The lowest BCUT2D eigenvalue weighted by atomic mass is 10.2. The Hall–Kier alpha value is -1.73. The van der Waals surface area contributed by atoms with Crippen LogP contribution in [0.1, 0.15) is 21.7 Å². The second-order valence-corrected chi connectivity index (χ2v) is 4.87. The van der Waals surface area contributed by atoms with Crippen molar-refractivity contribution in [3.63, 3.8) is 0 Å². The maximum atomic E-state index is 12.6. The number of benzene rings is 1. The molecule has 0 aliphatic carbocycles. The van der Waals surface area contributed by atoms with Crippen molar-refractivity contribution in [3.8, 4) is 0 Å². The van der Waals surface area contributed by atoms with Crippen LogP contribution < -0.4 is 0 Å². The lowest BCUT2D eigenvalue weighted by Crippen LogP contribution is -2.12. The number of hydrogen-bond acceptors (Lipinski definition) is 2. The van der Waals surface area contributed by atoms with E-state index < -0.39 is 23.5 Å². The van der Waals surface area contributed by atoms with Gasteiger partial charge in [-0.1, -0.05) is 35.3 Å². The van der Waals surface area contributed by atoms with E-state index in [9.17, 15) is 18.0 Å². The zero-order chi connectivity index (χ0) is 15.8. The first-order chi connectivity index (χ1) is 9.70. The van der Waals surface area contributed by atoms with Gasteiger partial charge in [-0.3, -0.25) is 4.68 Å². The summed E-state index contributed by atoms with van der Waals surface area (Å²) in [4.78, 5) is 11.0. The molecule has 1 aromatic carbocycles. The number of nitrogens with zero attached hydrogens (tertiary/aromatic N) is 2. The minimum absolute atomic E-state index is 0.138. The minimum Gasteiger partial charge on any atom is -0.477 e. The summed E-state index contributed by atoms with van der Waals surface area (Å²) in [6, 6.07) is 5.06. The number of hydrogen-bond donors (Lipinski definition) is 1. The van der Waals surface area contributed by atoms with Crippen molar-refractivity contribution in [1.29, 1.82) is 0 Å². The van der Waals surface area contributed by atoms with E-state index >= 15 is 0 Å². The smallest absolute Gasteiger partial charge is 0.435 e. The molecule has 0 fully saturated rings. The van der Waals surface area contributed by atoms with E-state index in [4.69, 9.17) is 28.3 Å². The topological polar surface area (TPSA) is 55.1 Å². The van der Waals surface area contributed by atoms with Gasteiger partial charge in [0, 0.05) is 6.07 Å². The molecule has 0 saturated carbocycles. The van der Waals surface area contributed by atoms with Crippen LogP contribution in [0.25, 0.3) is 0 Å². The highest BCUT2D eigenvalue weighted by Crippen LogP contribution is 2.30. The molecular weight excluding hydrogens is 332 g/mol. The van der Waals surface area contributed by atoms with E-state index in [1.807, 2.05) is 0 Å². The van der Waals surface area contributed by atoms with Crippen molar-refractivity contribution in [1.82, 2.24) is 9.78 Å². The third-order valence-electron chi connectivity index (χ3n) is 2.64. The Kier molecular flexibility index (Phi) is 4.15. The molecule has 9 heteroatoms. The van der Waals surface area contributed by atoms with E-state index in [1.165, 1.54) is 12.1 Å². The number of carbonyl (C=O) groups is 1. The highest BCUT2D eigenvalue weighted by molar-refractivity contribution is 6.42. The van der Waals surface area contributed by atoms with Gasteiger partial charge < -0.3 is 5.11 Å². The molecule has 1 heterocycles. The van der Waals surface area contributed by atoms with Gasteiger partial charge in [0.15, 0.2) is 5.69 Å². The predicted octanol–water partition coefficient (Wildman–Crippen LogP) is 3.96. The molecule has 21 heavy (non-hydrogen) atoms. The van der Waals surface area contributed by atoms with Gasteiger partial charge in [0.1, 0.15) is 5.69 Å². The number of halogens is 5. The van der Waals surface area contributed by atoms with Gasteiger partial charge in [-0.15, -0.1) is 0 Å². The molecule has 0 unspecified atom stereocenters. The van der Waals surface area contributed by atoms with Gasteiger partial charge in [-0.05, 0) is 11.6 Å². The van der Waals surface area contributed by atoms with Crippen LogP contribution in [-0.2, 0) is 12.7 Å². The third kappa shape index (κ3) is 3.30. The number of carboxylic acid groups (broad SMARTS) is 1. The number of aromatic nitrogens is 2. The van der Waals surface area contributed by atoms with Crippen LogP contribution in [0.2, 0.25) is 10.0 Å². The summed E-state index contributed by atoms with van der Waals surface area (Å²) < 4.78 is 38.6. The average Bonchev–Trinajstić information content (AvgIpc) is 2.79. The number of alkyl halides is 3. The van der Waals surface area contributed by atoms with Crippen molar-refractivity contribution in [2.24, 2.45) is 0 Å². The van der Waals surface area contributed by atoms with Crippen LogP contribution in [0.15, 0.2) is 24.3 Å². The van der Waals surface area contributed by atoms with Gasteiger partial charge >= 0.3 is 12.1 Å². The molecule has 0 aliphatic heterocycles. The Morgan fingerprint density at radius 2 is 2.00 bits per heavy atom. The second kappa shape index (κ2) is 5.57. The van der Waals surface area contributed by atoms with Crippen LogP contribution in [0, 0.1) is 0 Å². The first kappa shape index (κ1) is 15.7. The lowest BCUT2D eigenvalue weighted by Gasteiger charge is -2.08. The van der Waals surface area contributed by atoms with E-state index in [1.54, 1.807) is 6.07 Å². The van der Waals surface area contributed by atoms with Crippen LogP contribution in [0.4, 0.5) is 13.2 Å². The molecule has 1 N–H and O–H groups in total. The zero-order valence-electron chi connectivity index (χ0n) is 10.2. The fourth-order valence-electron chi connectivity index (χ4n) is 1.68. The molecule has 0 spiro atoms. The predicted molar refractivity (Wildman–Crippen MR) is 69.8 cm³/mol. The molecule has 0 atom stereocenters. The highest BCUT2D eigenvalue weighted by Gasteiger charge is 2.36. The first-order valence-corrected chi connectivity index (χ1v) is 6.27. The summed E-state index contributed by atoms with van der Waals surface area (Å²) in [6.07, 6.45) is -4.73. The van der Waals surface area contributed by atoms with Crippen molar-refractivity contribution in [3.05, 3.63) is 51.3 Å². The molecule has 1 aromatic heterocycles. The molecule has 2 rings (SSSR count). The van der Waals surface area contributed by atoms with Gasteiger partial charge in [0.05, 0.1) is 16.6 Å². The Morgan fingerprint density at radius 3 is 2.57 bits per heavy atom. The molecule has 0 amide bonds. The van der Waals surface area contributed by atoms with Crippen LogP contribution in [0.5, 0.6) is 0 Å². The molecular formula is C12H7Cl2F3N2O2. The Labute approximate surface area is 126 Å². The van der Waals surface area contributed by atoms with Gasteiger partial charge in [-0.25, -0.2) is 4.79 Å². The standard InChI is InChI=1S/C12H7Cl2F3N2O2/c13-7-3-1-2-6(10(7)14)5-19-8(11(20)21)4-9(18-19)12(15,16)17/h1-4H,5H2,(H,20,21). The maximum absolute atomic E-state index is 12.6. The van der Waals surface area contributed by atoms with Crippen molar-refractivity contribution in [2.75, 3.05) is 0 Å². The Bertz CT molecular complexity index is 698. The largest absolute Gasteiger partial charge is 0.477 e. The molecule has 2 aromatic rings. The normalized spacial score (nSPS) is 11.7. The number of carboxylic acids is 1. The van der Waals surface area contributed by atoms with Gasteiger partial charge in [0.2, 0.25) is 0 Å². The second-order valence-electron chi connectivity index (χ2n) is 4.09. The first-order valence-electron chi connectivity index (χ1n) is 5.51. The lowest BCUT2D eigenvalue weighted by molar-refractivity contribution is -0.141.